The van der Waals surface area contributed by atoms with Crippen LogP contribution in [0.4, 0.5) is 0 Å². The fraction of sp³-hybridized carbons (Fsp3) is 0.316. The number of benzene rings is 2. The summed E-state index contributed by atoms with van der Waals surface area (Å²) in [6, 6.07) is 18.3. The molecule has 0 bridgehead atoms. The molecule has 0 aliphatic rings. The molecule has 3 nitrogen and oxygen atoms in total. The van der Waals surface area contributed by atoms with Crippen LogP contribution in [0, 0.1) is 0 Å². The minimum absolute atomic E-state index is 0.284. The topological polar surface area (TPSA) is 29.5 Å². The van der Waals surface area contributed by atoms with Crippen LogP contribution in [0.15, 0.2) is 54.6 Å². The molecule has 0 heterocycles. The van der Waals surface area contributed by atoms with E-state index in [1.54, 1.807) is 0 Å². The van der Waals surface area contributed by atoms with Crippen molar-refractivity contribution < 1.29 is 9.53 Å². The van der Waals surface area contributed by atoms with Crippen LogP contribution in [0.3, 0.4) is 0 Å². The molecule has 2 aromatic rings. The van der Waals surface area contributed by atoms with Gasteiger partial charge in [0.05, 0.1) is 0 Å². The van der Waals surface area contributed by atoms with Crippen LogP contribution in [0.5, 0.6) is 5.75 Å². The fourth-order valence-corrected chi connectivity index (χ4v) is 2.29. The molecular weight excluding hydrogens is 274 g/mol. The molecule has 0 amide bonds. The standard InChI is InChI=1S/C19H23NO2/c1-16(21)22-19-10-8-18(9-11-19)13-15-20(2)14-12-17-6-4-3-5-7-17/h3-11H,12-15H2,1-2H3. The number of nitrogens with zero attached hydrogens (tertiary/aromatic N) is 1. The fourth-order valence-electron chi connectivity index (χ4n) is 2.29. The molecule has 0 unspecified atom stereocenters. The molecule has 0 saturated carbocycles. The van der Waals surface area contributed by atoms with Crippen LogP contribution in [0.2, 0.25) is 0 Å². The highest BCUT2D eigenvalue weighted by atomic mass is 16.5. The van der Waals surface area contributed by atoms with Crippen molar-refractivity contribution >= 4 is 5.97 Å². The molecular formula is C19H23NO2. The maximum atomic E-state index is 10.9. The van der Waals surface area contributed by atoms with E-state index in [4.69, 9.17) is 4.74 Å². The third kappa shape index (κ3) is 5.70. The van der Waals surface area contributed by atoms with Crippen LogP contribution < -0.4 is 4.74 Å². The SMILES string of the molecule is CC(=O)Oc1ccc(CCN(C)CCc2ccccc2)cc1. The Morgan fingerprint density at radius 1 is 0.909 bits per heavy atom. The molecule has 0 fully saturated rings. The number of carbonyl (C=O) groups excluding carboxylic acids is 1. The molecule has 2 aromatic carbocycles. The molecule has 0 radical (unpaired) electrons. The summed E-state index contributed by atoms with van der Waals surface area (Å²) in [5.74, 6) is 0.321. The van der Waals surface area contributed by atoms with Crippen molar-refractivity contribution in [2.45, 2.75) is 19.8 Å². The summed E-state index contributed by atoms with van der Waals surface area (Å²) in [6.07, 6.45) is 2.06. The van der Waals surface area contributed by atoms with E-state index >= 15 is 0 Å². The summed E-state index contributed by atoms with van der Waals surface area (Å²) in [4.78, 5) is 13.2. The van der Waals surface area contributed by atoms with Crippen molar-refractivity contribution in [2.75, 3.05) is 20.1 Å². The van der Waals surface area contributed by atoms with E-state index in [1.807, 2.05) is 30.3 Å². The Bertz CT molecular complexity index is 578. The van der Waals surface area contributed by atoms with E-state index in [0.29, 0.717) is 5.75 Å². The number of ether oxygens (including phenoxy) is 1. The number of likely N-dealkylation sites (N-methyl/N-ethyl adjacent to an activating group) is 1. The molecule has 0 aliphatic heterocycles. The van der Waals surface area contributed by atoms with E-state index in [-0.39, 0.29) is 5.97 Å². The summed E-state index contributed by atoms with van der Waals surface area (Å²) in [6.45, 7) is 3.48. The minimum Gasteiger partial charge on any atom is -0.427 e. The average Bonchev–Trinajstić information content (AvgIpc) is 2.53. The third-order valence-corrected chi connectivity index (χ3v) is 3.59. The van der Waals surface area contributed by atoms with Gasteiger partial charge in [0.2, 0.25) is 0 Å². The molecule has 0 N–H and O–H groups in total. The number of esters is 1. The average molecular weight is 297 g/mol. The first-order valence-corrected chi connectivity index (χ1v) is 7.63. The first-order valence-electron chi connectivity index (χ1n) is 7.63. The van der Waals surface area contributed by atoms with Gasteiger partial charge in [0, 0.05) is 20.0 Å². The van der Waals surface area contributed by atoms with Gasteiger partial charge in [0.1, 0.15) is 5.75 Å². The van der Waals surface area contributed by atoms with Gasteiger partial charge < -0.3 is 9.64 Å². The Balaban J connectivity index is 1.73. The summed E-state index contributed by atoms with van der Waals surface area (Å²) < 4.78 is 5.03. The zero-order chi connectivity index (χ0) is 15.8. The Morgan fingerprint density at radius 3 is 2.00 bits per heavy atom. The van der Waals surface area contributed by atoms with Crippen molar-refractivity contribution in [1.82, 2.24) is 4.90 Å². The zero-order valence-corrected chi connectivity index (χ0v) is 13.3. The number of hydrogen-bond donors (Lipinski definition) is 0. The second-order valence-electron chi connectivity index (χ2n) is 5.53. The lowest BCUT2D eigenvalue weighted by molar-refractivity contribution is -0.131. The second-order valence-corrected chi connectivity index (χ2v) is 5.53. The Hall–Kier alpha value is -2.13. The van der Waals surface area contributed by atoms with Gasteiger partial charge in [0.15, 0.2) is 0 Å². The molecule has 3 heteroatoms. The zero-order valence-electron chi connectivity index (χ0n) is 13.3. The smallest absolute Gasteiger partial charge is 0.308 e. The van der Waals surface area contributed by atoms with Gasteiger partial charge in [-0.1, -0.05) is 42.5 Å². The lowest BCUT2D eigenvalue weighted by Crippen LogP contribution is -2.23. The number of carbonyl (C=O) groups is 1. The van der Waals surface area contributed by atoms with Crippen LogP contribution in [-0.4, -0.2) is 31.0 Å². The van der Waals surface area contributed by atoms with Gasteiger partial charge in [-0.2, -0.15) is 0 Å². The predicted octanol–water partition coefficient (Wildman–Crippen LogP) is 3.33. The Kier molecular flexibility index (Phi) is 6.16. The van der Waals surface area contributed by atoms with Gasteiger partial charge in [-0.25, -0.2) is 0 Å². The van der Waals surface area contributed by atoms with E-state index in [2.05, 4.69) is 36.2 Å². The van der Waals surface area contributed by atoms with Gasteiger partial charge in [-0.05, 0) is 43.1 Å². The van der Waals surface area contributed by atoms with E-state index in [9.17, 15) is 4.79 Å². The predicted molar refractivity (Wildman–Crippen MR) is 89.1 cm³/mol. The van der Waals surface area contributed by atoms with Gasteiger partial charge in [0.25, 0.3) is 0 Å². The highest BCUT2D eigenvalue weighted by Gasteiger charge is 2.02. The maximum Gasteiger partial charge on any atom is 0.308 e. The lowest BCUT2D eigenvalue weighted by atomic mass is 10.1. The van der Waals surface area contributed by atoms with Crippen LogP contribution in [0.1, 0.15) is 18.1 Å². The first kappa shape index (κ1) is 16.2. The van der Waals surface area contributed by atoms with Crippen molar-refractivity contribution in [3.63, 3.8) is 0 Å². The number of hydrogen-bond acceptors (Lipinski definition) is 3. The molecule has 0 saturated heterocycles. The first-order chi connectivity index (χ1) is 10.6. The highest BCUT2D eigenvalue weighted by molar-refractivity contribution is 5.69. The molecule has 0 aliphatic carbocycles. The van der Waals surface area contributed by atoms with Crippen LogP contribution in [0.25, 0.3) is 0 Å². The van der Waals surface area contributed by atoms with Gasteiger partial charge >= 0.3 is 5.97 Å². The largest absolute Gasteiger partial charge is 0.427 e. The van der Waals surface area contributed by atoms with Crippen molar-refractivity contribution in [3.8, 4) is 5.75 Å². The second kappa shape index (κ2) is 8.35. The normalized spacial score (nSPS) is 10.7. The minimum atomic E-state index is -0.284. The molecule has 22 heavy (non-hydrogen) atoms. The number of rotatable bonds is 7. The van der Waals surface area contributed by atoms with E-state index < -0.39 is 0 Å². The summed E-state index contributed by atoms with van der Waals surface area (Å²) in [5, 5.41) is 0. The summed E-state index contributed by atoms with van der Waals surface area (Å²) in [7, 11) is 2.15. The van der Waals surface area contributed by atoms with Crippen LogP contribution >= 0.6 is 0 Å². The lowest BCUT2D eigenvalue weighted by Gasteiger charge is -2.16. The van der Waals surface area contributed by atoms with Crippen molar-refractivity contribution in [3.05, 3.63) is 65.7 Å². The quantitative estimate of drug-likeness (QED) is 0.580. The molecule has 0 aromatic heterocycles. The summed E-state index contributed by atoms with van der Waals surface area (Å²) in [5.41, 5.74) is 2.63. The maximum absolute atomic E-state index is 10.9. The van der Waals surface area contributed by atoms with E-state index in [0.717, 1.165) is 25.9 Å². The monoisotopic (exact) mass is 297 g/mol. The van der Waals surface area contributed by atoms with Crippen molar-refractivity contribution in [2.24, 2.45) is 0 Å². The summed E-state index contributed by atoms with van der Waals surface area (Å²) >= 11 is 0. The van der Waals surface area contributed by atoms with Crippen LogP contribution in [-0.2, 0) is 17.6 Å². The Labute approximate surface area is 132 Å². The Morgan fingerprint density at radius 2 is 1.45 bits per heavy atom. The third-order valence-electron chi connectivity index (χ3n) is 3.59. The molecule has 2 rings (SSSR count). The highest BCUT2D eigenvalue weighted by Crippen LogP contribution is 2.13. The molecule has 0 spiro atoms. The van der Waals surface area contributed by atoms with E-state index in [1.165, 1.54) is 18.1 Å². The van der Waals surface area contributed by atoms with Gasteiger partial charge in [-0.15, -0.1) is 0 Å². The van der Waals surface area contributed by atoms with Gasteiger partial charge in [-0.3, -0.25) is 4.79 Å². The molecule has 0 atom stereocenters. The molecule has 116 valence electrons. The van der Waals surface area contributed by atoms with Crippen molar-refractivity contribution in [1.29, 1.82) is 0 Å².